The molecule has 2 aliphatic heterocycles. The molecule has 3 aromatic rings. The molecule has 36 heavy (non-hydrogen) atoms. The maximum absolute atomic E-state index is 13.4. The minimum atomic E-state index is -1.77. The molecule has 5 rings (SSSR count). The van der Waals surface area contributed by atoms with Crippen LogP contribution in [0.1, 0.15) is 42.4 Å². The van der Waals surface area contributed by atoms with Crippen LogP contribution in [0.15, 0.2) is 42.6 Å². The molecule has 186 valence electrons. The van der Waals surface area contributed by atoms with E-state index in [1.54, 1.807) is 63.4 Å². The van der Waals surface area contributed by atoms with Crippen molar-refractivity contribution < 1.29 is 28.7 Å². The standard InChI is InChI=1S/C25H25N5O6/c1-24(2,3)36-23(34)30-18-6-5-9-26-17(18)11-19(30)25(21(32)27-22(33)28-25)13-29-12-14-7-8-15(35-4)10-16(14)20(29)31/h5-11H,12-13H2,1-4H3,(H2,27,28,32,33)/t25-/m0/s1. The molecule has 4 heterocycles. The van der Waals surface area contributed by atoms with Crippen LogP contribution >= 0.6 is 0 Å². The van der Waals surface area contributed by atoms with Crippen molar-refractivity contribution in [1.82, 2.24) is 25.1 Å². The summed E-state index contributed by atoms with van der Waals surface area (Å²) in [6.07, 6.45) is 0.814. The predicted molar refractivity (Wildman–Crippen MR) is 127 cm³/mol. The van der Waals surface area contributed by atoms with Gasteiger partial charge in [0.25, 0.3) is 11.8 Å². The third-order valence-corrected chi connectivity index (χ3v) is 6.15. The Kier molecular flexibility index (Phi) is 5.24. The number of ether oxygens (including phenoxy) is 2. The number of nitrogens with one attached hydrogen (secondary N) is 2. The summed E-state index contributed by atoms with van der Waals surface area (Å²) in [5.41, 5.74) is -0.430. The van der Waals surface area contributed by atoms with Crippen molar-refractivity contribution in [2.24, 2.45) is 0 Å². The van der Waals surface area contributed by atoms with Gasteiger partial charge in [0.2, 0.25) is 0 Å². The molecule has 11 nitrogen and oxygen atoms in total. The molecule has 0 saturated carbocycles. The smallest absolute Gasteiger partial charge is 0.419 e. The van der Waals surface area contributed by atoms with Gasteiger partial charge in [0, 0.05) is 18.3 Å². The molecule has 0 bridgehead atoms. The van der Waals surface area contributed by atoms with Gasteiger partial charge in [0.05, 0.1) is 30.4 Å². The van der Waals surface area contributed by atoms with Gasteiger partial charge >= 0.3 is 12.1 Å². The first-order valence-corrected chi connectivity index (χ1v) is 11.3. The van der Waals surface area contributed by atoms with Crippen LogP contribution in [0.4, 0.5) is 9.59 Å². The lowest BCUT2D eigenvalue weighted by Gasteiger charge is -2.32. The van der Waals surface area contributed by atoms with Gasteiger partial charge < -0.3 is 19.7 Å². The Morgan fingerprint density at radius 2 is 1.94 bits per heavy atom. The lowest BCUT2D eigenvalue weighted by atomic mass is 9.94. The number of rotatable bonds is 4. The van der Waals surface area contributed by atoms with Crippen LogP contribution in [0.3, 0.4) is 0 Å². The van der Waals surface area contributed by atoms with E-state index >= 15 is 0 Å². The summed E-state index contributed by atoms with van der Waals surface area (Å²) in [5, 5.41) is 4.94. The van der Waals surface area contributed by atoms with E-state index in [1.807, 2.05) is 0 Å². The maximum atomic E-state index is 13.4. The topological polar surface area (TPSA) is 132 Å². The number of hydrogen-bond acceptors (Lipinski definition) is 7. The third kappa shape index (κ3) is 3.72. The summed E-state index contributed by atoms with van der Waals surface area (Å²) in [7, 11) is 1.51. The van der Waals surface area contributed by atoms with E-state index in [4.69, 9.17) is 9.47 Å². The number of carbonyl (C=O) groups is 4. The quantitative estimate of drug-likeness (QED) is 0.536. The monoisotopic (exact) mass is 491 g/mol. The first-order valence-electron chi connectivity index (χ1n) is 11.3. The normalized spacial score (nSPS) is 19.3. The Labute approximate surface area is 206 Å². The Bertz CT molecular complexity index is 1440. The molecule has 0 spiro atoms. The fourth-order valence-electron chi connectivity index (χ4n) is 4.60. The van der Waals surface area contributed by atoms with Gasteiger partial charge in [-0.3, -0.25) is 19.9 Å². The summed E-state index contributed by atoms with van der Waals surface area (Å²) >= 11 is 0. The van der Waals surface area contributed by atoms with Crippen molar-refractivity contribution in [2.75, 3.05) is 13.7 Å². The Morgan fingerprint density at radius 1 is 1.17 bits per heavy atom. The van der Waals surface area contributed by atoms with Crippen LogP contribution in [0, 0.1) is 0 Å². The highest BCUT2D eigenvalue weighted by Gasteiger charge is 2.53. The van der Waals surface area contributed by atoms with Gasteiger partial charge in [-0.15, -0.1) is 0 Å². The number of methoxy groups -OCH3 is 1. The van der Waals surface area contributed by atoms with E-state index < -0.39 is 29.2 Å². The molecule has 2 N–H and O–H groups in total. The molecular formula is C25H25N5O6. The average molecular weight is 492 g/mol. The van der Waals surface area contributed by atoms with Crippen molar-refractivity contribution in [3.05, 3.63) is 59.4 Å². The highest BCUT2D eigenvalue weighted by molar-refractivity contribution is 6.09. The zero-order chi connectivity index (χ0) is 25.8. The summed E-state index contributed by atoms with van der Waals surface area (Å²) in [6.45, 7) is 5.17. The fourth-order valence-corrected chi connectivity index (χ4v) is 4.60. The van der Waals surface area contributed by atoms with E-state index in [9.17, 15) is 19.2 Å². The fraction of sp³-hybridized carbons (Fsp3) is 0.320. The molecular weight excluding hydrogens is 466 g/mol. The number of nitrogens with zero attached hydrogens (tertiary/aromatic N) is 3. The summed E-state index contributed by atoms with van der Waals surface area (Å²) in [4.78, 5) is 58.2. The van der Waals surface area contributed by atoms with Gasteiger partial charge in [0.1, 0.15) is 11.4 Å². The number of carbonyl (C=O) groups excluding carboxylic acids is 4. The minimum Gasteiger partial charge on any atom is -0.497 e. The number of imide groups is 1. The average Bonchev–Trinajstić information content (AvgIpc) is 3.44. The van der Waals surface area contributed by atoms with E-state index in [0.29, 0.717) is 22.3 Å². The van der Waals surface area contributed by atoms with E-state index in [-0.39, 0.29) is 24.7 Å². The lowest BCUT2D eigenvalue weighted by Crippen LogP contribution is -2.54. The van der Waals surface area contributed by atoms with Crippen LogP contribution in [0.5, 0.6) is 5.75 Å². The number of urea groups is 1. The van der Waals surface area contributed by atoms with E-state index in [1.165, 1.54) is 16.6 Å². The Hall–Kier alpha value is -4.41. The zero-order valence-electron chi connectivity index (χ0n) is 20.2. The highest BCUT2D eigenvalue weighted by atomic mass is 16.6. The zero-order valence-corrected chi connectivity index (χ0v) is 20.2. The predicted octanol–water partition coefficient (Wildman–Crippen LogP) is 2.52. The number of fused-ring (bicyclic) bond motifs is 2. The lowest BCUT2D eigenvalue weighted by molar-refractivity contribution is -0.125. The third-order valence-electron chi connectivity index (χ3n) is 6.15. The van der Waals surface area contributed by atoms with Crippen molar-refractivity contribution >= 4 is 35.0 Å². The van der Waals surface area contributed by atoms with Crippen LogP contribution in [0.25, 0.3) is 11.0 Å². The number of pyridine rings is 1. The second-order valence-electron chi connectivity index (χ2n) is 9.75. The largest absolute Gasteiger partial charge is 0.497 e. The first-order chi connectivity index (χ1) is 17.0. The highest BCUT2D eigenvalue weighted by Crippen LogP contribution is 2.35. The Morgan fingerprint density at radius 3 is 2.61 bits per heavy atom. The van der Waals surface area contributed by atoms with Gasteiger partial charge in [-0.2, -0.15) is 0 Å². The maximum Gasteiger partial charge on any atom is 0.419 e. The van der Waals surface area contributed by atoms with Gasteiger partial charge in [-0.25, -0.2) is 14.2 Å². The summed E-state index contributed by atoms with van der Waals surface area (Å²) < 4.78 is 12.1. The molecule has 0 radical (unpaired) electrons. The Balaban J connectivity index is 1.63. The second-order valence-corrected chi connectivity index (χ2v) is 9.75. The van der Waals surface area contributed by atoms with Gasteiger partial charge in [0.15, 0.2) is 5.54 Å². The molecule has 4 amide bonds. The summed E-state index contributed by atoms with van der Waals surface area (Å²) in [6, 6.07) is 9.32. The molecule has 0 aliphatic carbocycles. The van der Waals surface area contributed by atoms with E-state index in [2.05, 4.69) is 15.6 Å². The number of benzene rings is 1. The second kappa shape index (κ2) is 8.08. The van der Waals surface area contributed by atoms with Crippen molar-refractivity contribution in [1.29, 1.82) is 0 Å². The summed E-state index contributed by atoms with van der Waals surface area (Å²) in [5.74, 6) is -0.488. The number of hydrogen-bond donors (Lipinski definition) is 2. The number of amides is 4. The van der Waals surface area contributed by atoms with Gasteiger partial charge in [-0.05, 0) is 56.7 Å². The number of aromatic nitrogens is 2. The molecule has 1 aromatic carbocycles. The molecule has 1 fully saturated rings. The molecule has 0 unspecified atom stereocenters. The van der Waals surface area contributed by atoms with Crippen LogP contribution < -0.4 is 15.4 Å². The first kappa shape index (κ1) is 23.3. The molecule has 1 atom stereocenters. The molecule has 1 saturated heterocycles. The van der Waals surface area contributed by atoms with Crippen molar-refractivity contribution in [3.63, 3.8) is 0 Å². The van der Waals surface area contributed by atoms with Crippen molar-refractivity contribution in [3.8, 4) is 5.75 Å². The van der Waals surface area contributed by atoms with Crippen LogP contribution in [0.2, 0.25) is 0 Å². The van der Waals surface area contributed by atoms with Gasteiger partial charge in [-0.1, -0.05) is 6.07 Å². The minimum absolute atomic E-state index is 0.134. The van der Waals surface area contributed by atoms with E-state index in [0.717, 1.165) is 5.56 Å². The van der Waals surface area contributed by atoms with Crippen LogP contribution in [-0.2, 0) is 21.6 Å². The molecule has 2 aliphatic rings. The van der Waals surface area contributed by atoms with Crippen LogP contribution in [-0.4, -0.2) is 57.6 Å². The SMILES string of the molecule is COc1ccc2c(c1)C(=O)N(C[C@@]1(c3cc4ncccc4n3C(=O)OC(C)(C)C)NC(=O)NC1=O)C2. The molecule has 11 heteroatoms. The molecule has 2 aromatic heterocycles. The van der Waals surface area contributed by atoms with Crippen molar-refractivity contribution in [2.45, 2.75) is 38.5 Å².